The van der Waals surface area contributed by atoms with Crippen LogP contribution in [0.3, 0.4) is 0 Å². The van der Waals surface area contributed by atoms with Gasteiger partial charge in [0.05, 0.1) is 30.6 Å². The summed E-state index contributed by atoms with van der Waals surface area (Å²) in [6.07, 6.45) is 3.35. The normalized spacial score (nSPS) is 12.7. The first-order valence-corrected chi connectivity index (χ1v) is 4.89. The van der Waals surface area contributed by atoms with Gasteiger partial charge in [0.25, 0.3) is 0 Å². The van der Waals surface area contributed by atoms with Crippen molar-refractivity contribution in [3.8, 4) is 0 Å². The van der Waals surface area contributed by atoms with E-state index in [0.717, 1.165) is 11.4 Å². The van der Waals surface area contributed by atoms with E-state index in [1.807, 2.05) is 13.8 Å². The van der Waals surface area contributed by atoms with E-state index in [9.17, 15) is 0 Å². The molecule has 5 heteroatoms. The van der Waals surface area contributed by atoms with Crippen LogP contribution in [0, 0.1) is 6.92 Å². The van der Waals surface area contributed by atoms with Crippen LogP contribution < -0.4 is 5.48 Å². The molecule has 0 aromatic carbocycles. The van der Waals surface area contributed by atoms with Gasteiger partial charge in [-0.3, -0.25) is 14.8 Å². The molecule has 0 saturated heterocycles. The Hall–Kier alpha value is -1.04. The fourth-order valence-corrected chi connectivity index (χ4v) is 1.21. The van der Waals surface area contributed by atoms with Crippen molar-refractivity contribution < 1.29 is 9.57 Å². The molecule has 0 spiro atoms. The zero-order valence-corrected chi connectivity index (χ0v) is 9.36. The third-order valence-electron chi connectivity index (χ3n) is 1.98. The highest BCUT2D eigenvalue weighted by atomic mass is 16.7. The number of methoxy groups -OCH3 is 1. The van der Waals surface area contributed by atoms with Crippen LogP contribution in [0.2, 0.25) is 0 Å². The fraction of sp³-hybridized carbons (Fsp3) is 0.600. The number of nitrogens with zero attached hydrogens (tertiary/aromatic N) is 2. The molecule has 1 rings (SSSR count). The molecule has 84 valence electrons. The molecule has 1 aromatic rings. The van der Waals surface area contributed by atoms with Crippen molar-refractivity contribution in [2.45, 2.75) is 19.9 Å². The van der Waals surface area contributed by atoms with Crippen molar-refractivity contribution in [1.29, 1.82) is 0 Å². The summed E-state index contributed by atoms with van der Waals surface area (Å²) in [5.74, 6) is 0. The molecule has 1 heterocycles. The first kappa shape index (κ1) is 12.0. The molecule has 0 fully saturated rings. The molecule has 0 radical (unpaired) electrons. The SMILES string of the molecule is COCCONC(C)c1nccnc1C. The van der Waals surface area contributed by atoms with Gasteiger partial charge in [-0.05, 0) is 13.8 Å². The lowest BCUT2D eigenvalue weighted by atomic mass is 10.2. The minimum atomic E-state index is 0.0237. The van der Waals surface area contributed by atoms with Gasteiger partial charge in [-0.15, -0.1) is 0 Å². The number of aromatic nitrogens is 2. The predicted molar refractivity (Wildman–Crippen MR) is 56.1 cm³/mol. The van der Waals surface area contributed by atoms with Gasteiger partial charge in [-0.1, -0.05) is 0 Å². The Morgan fingerprint density at radius 2 is 2.07 bits per heavy atom. The third kappa shape index (κ3) is 3.91. The highest BCUT2D eigenvalue weighted by Crippen LogP contribution is 2.10. The van der Waals surface area contributed by atoms with E-state index in [-0.39, 0.29) is 6.04 Å². The summed E-state index contributed by atoms with van der Waals surface area (Å²) in [6, 6.07) is 0.0237. The number of hydroxylamine groups is 1. The topological polar surface area (TPSA) is 56.3 Å². The van der Waals surface area contributed by atoms with Gasteiger partial charge in [-0.25, -0.2) is 0 Å². The monoisotopic (exact) mass is 211 g/mol. The quantitative estimate of drug-likeness (QED) is 0.562. The van der Waals surface area contributed by atoms with E-state index in [1.54, 1.807) is 19.5 Å². The molecule has 0 aliphatic rings. The Balaban J connectivity index is 2.40. The highest BCUT2D eigenvalue weighted by molar-refractivity contribution is 5.11. The van der Waals surface area contributed by atoms with Crippen LogP contribution in [0.1, 0.15) is 24.4 Å². The average Bonchev–Trinajstić information content (AvgIpc) is 2.25. The van der Waals surface area contributed by atoms with Crippen molar-refractivity contribution in [1.82, 2.24) is 15.4 Å². The van der Waals surface area contributed by atoms with Gasteiger partial charge in [0.1, 0.15) is 0 Å². The van der Waals surface area contributed by atoms with Crippen molar-refractivity contribution in [2.75, 3.05) is 20.3 Å². The minimum Gasteiger partial charge on any atom is -0.382 e. The minimum absolute atomic E-state index is 0.0237. The molecule has 0 bridgehead atoms. The molecule has 1 N–H and O–H groups in total. The molecule has 0 aliphatic carbocycles. The van der Waals surface area contributed by atoms with Crippen molar-refractivity contribution >= 4 is 0 Å². The summed E-state index contributed by atoms with van der Waals surface area (Å²) in [5.41, 5.74) is 4.70. The summed E-state index contributed by atoms with van der Waals surface area (Å²) >= 11 is 0. The molecular formula is C10H17N3O2. The number of ether oxygens (including phenoxy) is 1. The van der Waals surface area contributed by atoms with Crippen LogP contribution in [-0.2, 0) is 9.57 Å². The van der Waals surface area contributed by atoms with Gasteiger partial charge in [-0.2, -0.15) is 5.48 Å². The summed E-state index contributed by atoms with van der Waals surface area (Å²) in [4.78, 5) is 13.6. The summed E-state index contributed by atoms with van der Waals surface area (Å²) in [6.45, 7) is 4.98. The fourth-order valence-electron chi connectivity index (χ4n) is 1.21. The summed E-state index contributed by atoms with van der Waals surface area (Å²) in [7, 11) is 1.64. The first-order valence-electron chi connectivity index (χ1n) is 4.89. The van der Waals surface area contributed by atoms with E-state index in [1.165, 1.54) is 0 Å². The Labute approximate surface area is 89.8 Å². The number of nitrogens with one attached hydrogen (secondary N) is 1. The van der Waals surface area contributed by atoms with Crippen molar-refractivity contribution in [2.24, 2.45) is 0 Å². The Morgan fingerprint density at radius 1 is 1.33 bits per heavy atom. The van der Waals surface area contributed by atoms with Crippen LogP contribution in [0.15, 0.2) is 12.4 Å². The lowest BCUT2D eigenvalue weighted by Gasteiger charge is -2.14. The molecule has 1 atom stereocenters. The zero-order valence-electron chi connectivity index (χ0n) is 9.36. The molecular weight excluding hydrogens is 194 g/mol. The van der Waals surface area contributed by atoms with Crippen LogP contribution in [-0.4, -0.2) is 30.3 Å². The van der Waals surface area contributed by atoms with Crippen molar-refractivity contribution in [3.63, 3.8) is 0 Å². The summed E-state index contributed by atoms with van der Waals surface area (Å²) in [5, 5.41) is 0. The summed E-state index contributed by atoms with van der Waals surface area (Å²) < 4.78 is 4.86. The molecule has 0 aliphatic heterocycles. The van der Waals surface area contributed by atoms with Gasteiger partial charge >= 0.3 is 0 Å². The lowest BCUT2D eigenvalue weighted by Crippen LogP contribution is -2.23. The molecule has 0 saturated carbocycles. The standard InChI is InChI=1S/C10H17N3O2/c1-8-10(12-5-4-11-8)9(2)13-15-7-6-14-3/h4-5,9,13H,6-7H2,1-3H3. The molecule has 1 unspecified atom stereocenters. The average molecular weight is 211 g/mol. The van der Waals surface area contributed by atoms with Crippen molar-refractivity contribution in [3.05, 3.63) is 23.8 Å². The maximum atomic E-state index is 5.20. The van der Waals surface area contributed by atoms with Gasteiger partial charge in [0.15, 0.2) is 0 Å². The maximum Gasteiger partial charge on any atom is 0.0916 e. The predicted octanol–water partition coefficient (Wildman–Crippen LogP) is 1.01. The Bertz CT molecular complexity index is 294. The van der Waals surface area contributed by atoms with Crippen LogP contribution in [0.25, 0.3) is 0 Å². The second-order valence-electron chi connectivity index (χ2n) is 3.21. The van der Waals surface area contributed by atoms with E-state index >= 15 is 0 Å². The number of aryl methyl sites for hydroxylation is 1. The van der Waals surface area contributed by atoms with Gasteiger partial charge in [0.2, 0.25) is 0 Å². The Morgan fingerprint density at radius 3 is 2.73 bits per heavy atom. The first-order chi connectivity index (χ1) is 7.25. The van der Waals surface area contributed by atoms with Gasteiger partial charge < -0.3 is 4.74 Å². The number of hydrogen-bond donors (Lipinski definition) is 1. The zero-order chi connectivity index (χ0) is 11.1. The largest absolute Gasteiger partial charge is 0.382 e. The lowest BCUT2D eigenvalue weighted by molar-refractivity contribution is -0.0101. The van der Waals surface area contributed by atoms with E-state index in [0.29, 0.717) is 13.2 Å². The third-order valence-corrected chi connectivity index (χ3v) is 1.98. The molecule has 5 nitrogen and oxygen atoms in total. The maximum absolute atomic E-state index is 5.20. The van der Waals surface area contributed by atoms with Crippen LogP contribution in [0.4, 0.5) is 0 Å². The second-order valence-corrected chi connectivity index (χ2v) is 3.21. The highest BCUT2D eigenvalue weighted by Gasteiger charge is 2.09. The molecule has 1 aromatic heterocycles. The second kappa shape index (κ2) is 6.44. The molecule has 15 heavy (non-hydrogen) atoms. The number of hydrogen-bond acceptors (Lipinski definition) is 5. The number of rotatable bonds is 6. The van der Waals surface area contributed by atoms with Crippen LogP contribution in [0.5, 0.6) is 0 Å². The van der Waals surface area contributed by atoms with E-state index < -0.39 is 0 Å². The van der Waals surface area contributed by atoms with Gasteiger partial charge in [0, 0.05) is 19.5 Å². The Kier molecular flexibility index (Phi) is 5.17. The van der Waals surface area contributed by atoms with E-state index in [2.05, 4.69) is 15.4 Å². The smallest absolute Gasteiger partial charge is 0.0916 e. The van der Waals surface area contributed by atoms with Crippen LogP contribution >= 0.6 is 0 Å². The van der Waals surface area contributed by atoms with E-state index in [4.69, 9.17) is 9.57 Å². The molecule has 0 amide bonds.